The molecule has 6 heteroatoms. The van der Waals surface area contributed by atoms with Gasteiger partial charge in [0.1, 0.15) is 0 Å². The van der Waals surface area contributed by atoms with Gasteiger partial charge in [0.05, 0.1) is 16.4 Å². The Balaban J connectivity index is 0.000000178. The van der Waals surface area contributed by atoms with Gasteiger partial charge >= 0.3 is 0 Å². The molecule has 662 valence electrons. The predicted octanol–water partition coefficient (Wildman–Crippen LogP) is 33.0. The van der Waals surface area contributed by atoms with Crippen LogP contribution in [0.25, 0.3) is 0 Å². The molecule has 2 aliphatic heterocycles. The fourth-order valence-corrected chi connectivity index (χ4v) is 24.7. The highest BCUT2D eigenvalue weighted by Crippen LogP contribution is 2.65. The van der Waals surface area contributed by atoms with E-state index in [4.69, 9.17) is 11.6 Å². The maximum atomic E-state index is 8.34. The Morgan fingerprint density at radius 2 is 0.524 bits per heavy atom. The highest BCUT2D eigenvalue weighted by atomic mass is 35.5. The zero-order valence-electron chi connectivity index (χ0n) is 83.2. The molecule has 10 aliphatic rings. The number of hydrogen-bond donors (Lipinski definition) is 0. The molecule has 10 aromatic carbocycles. The molecule has 0 unspecified atom stereocenters. The lowest BCUT2D eigenvalue weighted by atomic mass is 9.33. The van der Waals surface area contributed by atoms with E-state index in [1.165, 1.54) is 189 Å². The summed E-state index contributed by atoms with van der Waals surface area (Å²) in [4.78, 5) is 10.5. The van der Waals surface area contributed by atoms with Crippen LogP contribution in [0.5, 0.6) is 0 Å². The first-order valence-corrected chi connectivity index (χ1v) is 49.1. The summed E-state index contributed by atoms with van der Waals surface area (Å²) in [7, 11) is 0. The van der Waals surface area contributed by atoms with Gasteiger partial charge in [0.25, 0.3) is 6.71 Å². The zero-order valence-corrected chi connectivity index (χ0v) is 83.9. The molecule has 8 fully saturated rings. The summed E-state index contributed by atoms with van der Waals surface area (Å²) in [5.41, 5.74) is 35.6. The molecule has 126 heavy (non-hydrogen) atoms. The molecular formula is C120H152BClN4. The molecule has 8 bridgehead atoms. The van der Waals surface area contributed by atoms with E-state index < -0.39 is 0 Å². The fourth-order valence-electron chi connectivity index (χ4n) is 24.5. The SMILES string of the molecule is CC(C)(C)c1cccc(N(c2cccc(C(C)(C)C)c2)c2cc(C34CC5CC(CC(C5)C3)C4)cc(N(c3cccc(C(C)(C)C)c3)c3cc(C(C)(C)C)cc(C(C)(C)C)c3)c2Cl)c1.CC(C)(C)c1cccc(N2c3cc(C(C)(C)C)ccc3B3c4ccc(C(C)(C)C)cc4N(c4cc(C(C)(C)C)cc(C(C)(C)C)c4)c4cc(C56CC7CC(CC(C7)C5)C6)cc2c43)c1. The molecule has 20 rings (SSSR count). The fraction of sp³-hybridized carbons (Fsp3) is 0.500. The molecule has 4 nitrogen and oxygen atoms in total. The Kier molecular flexibility index (Phi) is 22.1. The lowest BCUT2D eigenvalue weighted by Gasteiger charge is -2.57. The summed E-state index contributed by atoms with van der Waals surface area (Å²) in [6.07, 6.45) is 16.4. The number of benzene rings is 10. The molecule has 0 N–H and O–H groups in total. The van der Waals surface area contributed by atoms with Crippen LogP contribution < -0.4 is 36.0 Å². The van der Waals surface area contributed by atoms with Crippen molar-refractivity contribution >= 4 is 103 Å². The first-order chi connectivity index (χ1) is 58.5. The summed E-state index contributed by atoms with van der Waals surface area (Å²) in [5.74, 6) is 4.98. The van der Waals surface area contributed by atoms with E-state index in [1.54, 1.807) is 5.56 Å². The summed E-state index contributed by atoms with van der Waals surface area (Å²) in [5, 5.41) is 0.769. The largest absolute Gasteiger partial charge is 0.311 e. The number of fused-ring (bicyclic) bond motifs is 4. The Bertz CT molecular complexity index is 5610. The molecule has 0 amide bonds. The van der Waals surface area contributed by atoms with Crippen molar-refractivity contribution in [3.8, 4) is 0 Å². The van der Waals surface area contributed by atoms with Crippen LogP contribution in [-0.4, -0.2) is 6.71 Å². The lowest BCUT2D eigenvalue weighted by Crippen LogP contribution is -2.61. The standard InChI is InChI=1S/C60H75BN2.C60H77ClN2/c1-55(2,3)40-17-16-18-46(27-40)62-50-30-41(56(4,5)6)19-21-48(50)61-49-22-20-42(57(7,8)9)31-51(49)63(47-28-43(58(10,11)12)26-44(29-47)59(13,14)15)53-33-45(32-52(62)54(53)61)60-34-37-23-38(35-60)25-39(24-37)36-60;1-55(2,3)42-19-16-22-48(29-42)62(49-23-17-20-43(30-49)56(4,5)6)52-34-47(60-36-39-25-40(37-60)27-41(26-39)38-60)35-53(54(52)61)63(50-24-18-21-44(31-50)57(7,8)9)51-32-45(58(10,11)12)28-46(33-51)59(13,14)15/h16-22,26-33,37-39H,23-25,34-36H2,1-15H3;16-24,28-35,39-41H,25-27,36-38H2,1-15H3. The molecule has 0 aromatic heterocycles. The van der Waals surface area contributed by atoms with Crippen LogP contribution in [-0.2, 0) is 65.0 Å². The number of nitrogens with zero attached hydrogens (tertiary/aromatic N) is 4. The normalized spacial score (nSPS) is 22.2. The van der Waals surface area contributed by atoms with E-state index in [1.807, 2.05) is 0 Å². The first-order valence-electron chi connectivity index (χ1n) is 48.7. The smallest absolute Gasteiger partial charge is 0.252 e. The van der Waals surface area contributed by atoms with Crippen molar-refractivity contribution in [2.75, 3.05) is 19.6 Å². The van der Waals surface area contributed by atoms with Crippen LogP contribution in [0.4, 0.5) is 68.2 Å². The molecule has 0 spiro atoms. The molecule has 8 aliphatic carbocycles. The molecular weight excluding hydrogens is 1540 g/mol. The van der Waals surface area contributed by atoms with E-state index in [0.29, 0.717) is 0 Å². The molecule has 10 aromatic rings. The van der Waals surface area contributed by atoms with Crippen LogP contribution in [0, 0.1) is 35.5 Å². The number of anilines is 12. The summed E-state index contributed by atoms with van der Waals surface area (Å²) < 4.78 is 0. The van der Waals surface area contributed by atoms with Gasteiger partial charge in [0.15, 0.2) is 0 Å². The van der Waals surface area contributed by atoms with Gasteiger partial charge in [-0.25, -0.2) is 0 Å². The van der Waals surface area contributed by atoms with E-state index in [2.05, 4.69) is 421 Å². The van der Waals surface area contributed by atoms with Gasteiger partial charge in [-0.15, -0.1) is 0 Å². The lowest BCUT2D eigenvalue weighted by molar-refractivity contribution is -0.00526. The number of rotatable bonds is 10. The minimum atomic E-state index is -0.0577. The second-order valence-corrected chi connectivity index (χ2v) is 52.1. The van der Waals surface area contributed by atoms with E-state index in [9.17, 15) is 0 Å². The Labute approximate surface area is 768 Å². The van der Waals surface area contributed by atoms with Crippen molar-refractivity contribution in [3.63, 3.8) is 0 Å². The maximum absolute atomic E-state index is 8.34. The van der Waals surface area contributed by atoms with Gasteiger partial charge in [-0.05, 0) is 370 Å². The first kappa shape index (κ1) is 89.7. The van der Waals surface area contributed by atoms with Crippen molar-refractivity contribution in [3.05, 3.63) is 266 Å². The van der Waals surface area contributed by atoms with Gasteiger partial charge in [0, 0.05) is 56.9 Å². The average Bonchev–Trinajstić information content (AvgIpc) is 0.685. The van der Waals surface area contributed by atoms with Crippen molar-refractivity contribution in [1.29, 1.82) is 0 Å². The van der Waals surface area contributed by atoms with Crippen molar-refractivity contribution in [2.45, 2.75) is 350 Å². The summed E-state index contributed by atoms with van der Waals surface area (Å²) >= 11 is 8.34. The summed E-state index contributed by atoms with van der Waals surface area (Å²) in [6, 6.07) is 77.8. The van der Waals surface area contributed by atoms with Gasteiger partial charge in [-0.3, -0.25) is 0 Å². The Morgan fingerprint density at radius 1 is 0.262 bits per heavy atom. The molecule has 8 saturated carbocycles. The number of halogens is 1. The second kappa shape index (κ2) is 31.0. The van der Waals surface area contributed by atoms with Crippen LogP contribution in [0.15, 0.2) is 194 Å². The van der Waals surface area contributed by atoms with Crippen molar-refractivity contribution in [2.24, 2.45) is 35.5 Å². The van der Waals surface area contributed by atoms with Crippen molar-refractivity contribution in [1.82, 2.24) is 0 Å². The van der Waals surface area contributed by atoms with E-state index in [-0.39, 0.29) is 71.7 Å². The van der Waals surface area contributed by atoms with Gasteiger partial charge in [-0.1, -0.05) is 304 Å². The van der Waals surface area contributed by atoms with Crippen LogP contribution in [0.2, 0.25) is 5.02 Å². The minimum absolute atomic E-state index is 0.00202. The average molecular weight is 1700 g/mol. The van der Waals surface area contributed by atoms with E-state index >= 15 is 0 Å². The number of hydrogen-bond acceptors (Lipinski definition) is 4. The van der Waals surface area contributed by atoms with Crippen LogP contribution in [0.3, 0.4) is 0 Å². The molecule has 2 heterocycles. The Hall–Kier alpha value is -8.25. The zero-order chi connectivity index (χ0) is 90.6. The van der Waals surface area contributed by atoms with Gasteiger partial charge in [-0.2, -0.15) is 0 Å². The third-order valence-electron chi connectivity index (χ3n) is 31.3. The van der Waals surface area contributed by atoms with Crippen LogP contribution in [0.1, 0.15) is 352 Å². The monoisotopic (exact) mass is 1700 g/mol. The highest BCUT2D eigenvalue weighted by molar-refractivity contribution is 7.00. The topological polar surface area (TPSA) is 13.0 Å². The molecule has 0 saturated heterocycles. The minimum Gasteiger partial charge on any atom is -0.311 e. The van der Waals surface area contributed by atoms with Crippen molar-refractivity contribution < 1.29 is 0 Å². The molecule has 0 atom stereocenters. The van der Waals surface area contributed by atoms with Crippen LogP contribution >= 0.6 is 11.6 Å². The predicted molar refractivity (Wildman–Crippen MR) is 548 cm³/mol. The molecule has 0 radical (unpaired) electrons. The maximum Gasteiger partial charge on any atom is 0.252 e. The van der Waals surface area contributed by atoms with E-state index in [0.717, 1.165) is 74.7 Å². The third-order valence-corrected chi connectivity index (χ3v) is 31.7. The van der Waals surface area contributed by atoms with Gasteiger partial charge < -0.3 is 19.6 Å². The quantitative estimate of drug-likeness (QED) is 0.127. The highest BCUT2D eigenvalue weighted by Gasteiger charge is 2.55. The summed E-state index contributed by atoms with van der Waals surface area (Å²) in [6.45, 7) is 70.7. The Morgan fingerprint density at radius 3 is 0.849 bits per heavy atom. The van der Waals surface area contributed by atoms with Gasteiger partial charge in [0.2, 0.25) is 0 Å². The second-order valence-electron chi connectivity index (χ2n) is 51.7. The third kappa shape index (κ3) is 17.0.